The lowest BCUT2D eigenvalue weighted by molar-refractivity contribution is -0.144. The highest BCUT2D eigenvalue weighted by Crippen LogP contribution is 2.30. The van der Waals surface area contributed by atoms with E-state index in [1.165, 1.54) is 4.90 Å². The Kier molecular flexibility index (Phi) is 15.1. The minimum Gasteiger partial charge on any atom is -0.491 e. The van der Waals surface area contributed by atoms with Crippen molar-refractivity contribution in [3.05, 3.63) is 70.9 Å². The van der Waals surface area contributed by atoms with Gasteiger partial charge in [0.15, 0.2) is 0 Å². The fourth-order valence-corrected chi connectivity index (χ4v) is 7.29. The van der Waals surface area contributed by atoms with Gasteiger partial charge in [0.2, 0.25) is 30.0 Å². The number of carbonyl (C=O) groups is 5. The second kappa shape index (κ2) is 19.5. The molecule has 1 saturated heterocycles. The standard InChI is InChI=1S/C40H54N6O7S/c1-25(28-13-15-29(16-14-28)36-26(2)43-24-54-36)44-38(51)33-20-31(48)21-46(33)39(52)37(40(3,4)5)45-35(50)12-7-6-9-27-10-8-11-32(19-27)53-22-30(42-23-47)17-18-34(41)49/h8,10-11,13-16,19,23-25,30-31,33,37,48H,6-7,9,12,17-18,20-22H2,1-5H3,(H2,41,49)(H,42,47)(H,44,51)(H,45,50)/t25-,30-,31+,33-,37+/m0/s1. The number of ether oxygens (including phenoxy) is 1. The van der Waals surface area contributed by atoms with Gasteiger partial charge in [0, 0.05) is 25.8 Å². The minimum absolute atomic E-state index is 0.00105. The second-order valence-electron chi connectivity index (χ2n) is 15.0. The molecule has 5 atom stereocenters. The molecule has 1 aliphatic rings. The number of aryl methyl sites for hydroxylation is 2. The average molecular weight is 763 g/mol. The molecule has 1 aliphatic heterocycles. The predicted octanol–water partition coefficient (Wildman–Crippen LogP) is 3.96. The Morgan fingerprint density at radius 1 is 1.09 bits per heavy atom. The molecule has 0 radical (unpaired) electrons. The van der Waals surface area contributed by atoms with E-state index in [0.29, 0.717) is 37.8 Å². The molecule has 6 N–H and O–H groups in total. The smallest absolute Gasteiger partial charge is 0.246 e. The Morgan fingerprint density at radius 2 is 1.83 bits per heavy atom. The first kappa shape index (κ1) is 41.9. The summed E-state index contributed by atoms with van der Waals surface area (Å²) >= 11 is 1.57. The van der Waals surface area contributed by atoms with Crippen molar-refractivity contribution in [3.8, 4) is 16.2 Å². The van der Waals surface area contributed by atoms with Gasteiger partial charge in [0.05, 0.1) is 34.3 Å². The van der Waals surface area contributed by atoms with Crippen LogP contribution in [0.3, 0.4) is 0 Å². The number of benzene rings is 2. The summed E-state index contributed by atoms with van der Waals surface area (Å²) in [5.74, 6) is -0.851. The molecule has 2 aromatic carbocycles. The number of aromatic nitrogens is 1. The van der Waals surface area contributed by atoms with E-state index in [-0.39, 0.29) is 56.3 Å². The van der Waals surface area contributed by atoms with Gasteiger partial charge in [0.25, 0.3) is 0 Å². The number of nitrogens with two attached hydrogens (primary N) is 1. The number of rotatable bonds is 19. The first-order valence-corrected chi connectivity index (χ1v) is 19.3. The van der Waals surface area contributed by atoms with Crippen molar-refractivity contribution in [1.29, 1.82) is 0 Å². The number of thiazole rings is 1. The van der Waals surface area contributed by atoms with Gasteiger partial charge in [-0.25, -0.2) is 4.98 Å². The summed E-state index contributed by atoms with van der Waals surface area (Å²) < 4.78 is 5.85. The molecular formula is C40H54N6O7S. The largest absolute Gasteiger partial charge is 0.491 e. The van der Waals surface area contributed by atoms with E-state index in [1.807, 2.05) is 88.7 Å². The maximum Gasteiger partial charge on any atom is 0.246 e. The molecule has 0 spiro atoms. The van der Waals surface area contributed by atoms with Crippen LogP contribution in [0.1, 0.15) is 89.1 Å². The molecule has 0 saturated carbocycles. The molecule has 1 aromatic heterocycles. The zero-order valence-electron chi connectivity index (χ0n) is 31.8. The first-order chi connectivity index (χ1) is 25.7. The van der Waals surface area contributed by atoms with Crippen LogP contribution in [-0.4, -0.2) is 82.4 Å². The maximum atomic E-state index is 14.0. The molecule has 5 amide bonds. The molecule has 54 heavy (non-hydrogen) atoms. The molecule has 3 aromatic rings. The summed E-state index contributed by atoms with van der Waals surface area (Å²) in [4.78, 5) is 69.7. The van der Waals surface area contributed by atoms with Crippen LogP contribution in [0.25, 0.3) is 10.4 Å². The number of amides is 5. The summed E-state index contributed by atoms with van der Waals surface area (Å²) in [6.07, 6.45) is 2.52. The van der Waals surface area contributed by atoms with E-state index in [0.717, 1.165) is 27.3 Å². The van der Waals surface area contributed by atoms with Crippen molar-refractivity contribution in [3.63, 3.8) is 0 Å². The second-order valence-corrected chi connectivity index (χ2v) is 15.9. The summed E-state index contributed by atoms with van der Waals surface area (Å²) in [6, 6.07) is 13.0. The monoisotopic (exact) mass is 762 g/mol. The van der Waals surface area contributed by atoms with Crippen molar-refractivity contribution in [2.75, 3.05) is 13.2 Å². The van der Waals surface area contributed by atoms with Crippen LogP contribution >= 0.6 is 11.3 Å². The van der Waals surface area contributed by atoms with Gasteiger partial charge in [-0.05, 0) is 73.8 Å². The third-order valence-corrected chi connectivity index (χ3v) is 10.5. The Balaban J connectivity index is 1.29. The van der Waals surface area contributed by atoms with Crippen LogP contribution in [0.15, 0.2) is 54.0 Å². The Hall–Kier alpha value is -4.82. The normalized spacial score (nSPS) is 17.3. The third kappa shape index (κ3) is 12.1. The summed E-state index contributed by atoms with van der Waals surface area (Å²) in [5, 5.41) is 19.2. The molecule has 4 rings (SSSR count). The Labute approximate surface area is 321 Å². The number of β-amino-alcohol motifs (C(OH)–C–C–N with tert-alkyl or cyclic N) is 1. The quantitative estimate of drug-likeness (QED) is 0.0895. The van der Waals surface area contributed by atoms with Crippen LogP contribution in [-0.2, 0) is 30.4 Å². The lowest BCUT2D eigenvalue weighted by Gasteiger charge is -2.35. The number of nitrogens with zero attached hydrogens (tertiary/aromatic N) is 2. The van der Waals surface area contributed by atoms with Crippen LogP contribution in [0.2, 0.25) is 0 Å². The number of aliphatic hydroxyl groups is 1. The van der Waals surface area contributed by atoms with E-state index >= 15 is 0 Å². The molecular weight excluding hydrogens is 709 g/mol. The van der Waals surface area contributed by atoms with Gasteiger partial charge >= 0.3 is 0 Å². The number of unbranched alkanes of at least 4 members (excludes halogenated alkanes) is 1. The number of primary amides is 1. The Morgan fingerprint density at radius 3 is 2.48 bits per heavy atom. The van der Waals surface area contributed by atoms with Gasteiger partial charge in [-0.2, -0.15) is 0 Å². The average Bonchev–Trinajstić information content (AvgIpc) is 3.74. The number of nitrogens with one attached hydrogen (secondary N) is 3. The molecule has 2 heterocycles. The van der Waals surface area contributed by atoms with Crippen molar-refractivity contribution in [2.24, 2.45) is 11.1 Å². The third-order valence-electron chi connectivity index (χ3n) is 9.57. The van der Waals surface area contributed by atoms with Crippen LogP contribution in [0, 0.1) is 12.3 Å². The number of likely N-dealkylation sites (tertiary alicyclic amines) is 1. The fraction of sp³-hybridized carbons (Fsp3) is 0.500. The van der Waals surface area contributed by atoms with Crippen molar-refractivity contribution in [1.82, 2.24) is 25.8 Å². The minimum atomic E-state index is -0.903. The van der Waals surface area contributed by atoms with E-state index in [4.69, 9.17) is 10.5 Å². The van der Waals surface area contributed by atoms with Crippen molar-refractivity contribution in [2.45, 2.75) is 110 Å². The van der Waals surface area contributed by atoms with E-state index < -0.39 is 35.4 Å². The molecule has 0 aliphatic carbocycles. The number of hydrogen-bond donors (Lipinski definition) is 5. The zero-order valence-corrected chi connectivity index (χ0v) is 32.6. The molecule has 13 nitrogen and oxygen atoms in total. The lowest BCUT2D eigenvalue weighted by atomic mass is 9.85. The topological polar surface area (TPSA) is 193 Å². The van der Waals surface area contributed by atoms with Crippen molar-refractivity contribution < 1.29 is 33.8 Å². The SMILES string of the molecule is Cc1ncsc1-c1ccc([C@H](C)NC(=O)[C@@H]2C[C@@H](O)CN2C(=O)[C@@H](NC(=O)CCCCc2cccc(OC[C@H](CCC(N)=O)NC=O)c2)C(C)(C)C)cc1. The fourth-order valence-electron chi connectivity index (χ4n) is 6.48. The maximum absolute atomic E-state index is 14.0. The number of aliphatic hydroxyl groups excluding tert-OH is 1. The highest BCUT2D eigenvalue weighted by Gasteiger charge is 2.44. The van der Waals surface area contributed by atoms with E-state index in [1.54, 1.807) is 11.3 Å². The molecule has 0 bridgehead atoms. The van der Waals surface area contributed by atoms with Crippen LogP contribution in [0.4, 0.5) is 0 Å². The zero-order chi connectivity index (χ0) is 39.4. The molecule has 1 fully saturated rings. The van der Waals surface area contributed by atoms with E-state index in [9.17, 15) is 29.1 Å². The van der Waals surface area contributed by atoms with Gasteiger partial charge < -0.3 is 36.4 Å². The predicted molar refractivity (Wildman–Crippen MR) is 207 cm³/mol. The van der Waals surface area contributed by atoms with Gasteiger partial charge in [-0.1, -0.05) is 57.2 Å². The van der Waals surface area contributed by atoms with Crippen molar-refractivity contribution >= 4 is 41.4 Å². The van der Waals surface area contributed by atoms with Crippen LogP contribution in [0.5, 0.6) is 5.75 Å². The summed E-state index contributed by atoms with van der Waals surface area (Å²) in [5.41, 5.74) is 10.3. The van der Waals surface area contributed by atoms with Crippen LogP contribution < -0.4 is 26.4 Å². The molecule has 14 heteroatoms. The van der Waals surface area contributed by atoms with Gasteiger partial charge in [-0.3, -0.25) is 24.0 Å². The molecule has 292 valence electrons. The van der Waals surface area contributed by atoms with Gasteiger partial charge in [-0.15, -0.1) is 11.3 Å². The first-order valence-electron chi connectivity index (χ1n) is 18.4. The van der Waals surface area contributed by atoms with E-state index in [2.05, 4.69) is 20.9 Å². The summed E-state index contributed by atoms with van der Waals surface area (Å²) in [7, 11) is 0. The van der Waals surface area contributed by atoms with Gasteiger partial charge in [0.1, 0.15) is 24.4 Å². The lowest BCUT2D eigenvalue weighted by Crippen LogP contribution is -2.57. The Bertz CT molecular complexity index is 1740. The number of hydrogen-bond acceptors (Lipinski definition) is 9. The molecule has 0 unspecified atom stereocenters. The highest BCUT2D eigenvalue weighted by molar-refractivity contribution is 7.13. The highest BCUT2D eigenvalue weighted by atomic mass is 32.1. The number of carbonyl (C=O) groups excluding carboxylic acids is 5. The summed E-state index contributed by atoms with van der Waals surface area (Å²) in [6.45, 7) is 9.62.